The van der Waals surface area contributed by atoms with Crippen LogP contribution >= 0.6 is 0 Å². The van der Waals surface area contributed by atoms with Gasteiger partial charge in [0.2, 0.25) is 0 Å². The number of nitrogens with zero attached hydrogens (tertiary/aromatic N) is 1. The van der Waals surface area contributed by atoms with Crippen molar-refractivity contribution >= 4 is 5.97 Å². The molecule has 1 aromatic heterocycles. The van der Waals surface area contributed by atoms with Crippen LogP contribution in [0.15, 0.2) is 36.5 Å². The lowest BCUT2D eigenvalue weighted by Crippen LogP contribution is -2.25. The molecule has 1 aromatic carbocycles. The van der Waals surface area contributed by atoms with Crippen LogP contribution in [-0.4, -0.2) is 11.0 Å². The highest BCUT2D eigenvalue weighted by Gasteiger charge is 2.27. The molecule has 35 heavy (non-hydrogen) atoms. The zero-order chi connectivity index (χ0) is 24.9. The number of hydrogen-bond donors (Lipinski definition) is 0. The van der Waals surface area contributed by atoms with E-state index in [1.807, 2.05) is 0 Å². The number of hydrogen-bond acceptors (Lipinski definition) is 3. The number of aromatic nitrogens is 1. The minimum atomic E-state index is -0.297. The van der Waals surface area contributed by atoms with E-state index in [0.717, 1.165) is 50.0 Å². The zero-order valence-electron chi connectivity index (χ0n) is 21.9. The van der Waals surface area contributed by atoms with Gasteiger partial charge in [-0.05, 0) is 80.3 Å². The molecule has 1 aliphatic rings. The molecule has 3 nitrogen and oxygen atoms in total. The van der Waals surface area contributed by atoms with Crippen LogP contribution in [0.25, 0.3) is 11.3 Å². The van der Waals surface area contributed by atoms with Crippen LogP contribution in [0.3, 0.4) is 0 Å². The van der Waals surface area contributed by atoms with Gasteiger partial charge in [-0.3, -0.25) is 9.78 Å². The smallest absolute Gasteiger partial charge is 0.314 e. The maximum atomic E-state index is 14.7. The molecule has 0 atom stereocenters. The lowest BCUT2D eigenvalue weighted by atomic mass is 9.80. The Morgan fingerprint density at radius 1 is 0.914 bits per heavy atom. The van der Waals surface area contributed by atoms with Gasteiger partial charge in [-0.2, -0.15) is 0 Å². The van der Waals surface area contributed by atoms with Crippen molar-refractivity contribution in [2.24, 2.45) is 11.8 Å². The second-order valence-electron chi connectivity index (χ2n) is 10.4. The Balaban J connectivity index is 1.46. The first-order valence-corrected chi connectivity index (χ1v) is 14.1. The molecule has 0 saturated heterocycles. The Bertz CT molecular complexity index is 887. The van der Waals surface area contributed by atoms with Crippen molar-refractivity contribution in [1.29, 1.82) is 0 Å². The van der Waals surface area contributed by atoms with Crippen molar-refractivity contribution in [1.82, 2.24) is 4.98 Å². The van der Waals surface area contributed by atoms with Crippen molar-refractivity contribution in [3.63, 3.8) is 0 Å². The number of benzene rings is 1. The van der Waals surface area contributed by atoms with Crippen LogP contribution in [0, 0.1) is 17.7 Å². The van der Waals surface area contributed by atoms with Crippen molar-refractivity contribution in [2.45, 2.75) is 110 Å². The van der Waals surface area contributed by atoms with Gasteiger partial charge in [-0.25, -0.2) is 4.39 Å². The third-order valence-electron chi connectivity index (χ3n) is 7.46. The summed E-state index contributed by atoms with van der Waals surface area (Å²) in [4.78, 5) is 17.0. The van der Waals surface area contributed by atoms with E-state index >= 15 is 0 Å². The van der Waals surface area contributed by atoms with Gasteiger partial charge in [0.1, 0.15) is 17.3 Å². The van der Waals surface area contributed by atoms with Crippen molar-refractivity contribution < 1.29 is 13.9 Å². The van der Waals surface area contributed by atoms with Crippen LogP contribution in [0.1, 0.15) is 109 Å². The fourth-order valence-electron chi connectivity index (χ4n) is 5.19. The summed E-state index contributed by atoms with van der Waals surface area (Å²) < 4.78 is 20.4. The first kappa shape index (κ1) is 27.4. The predicted molar refractivity (Wildman–Crippen MR) is 142 cm³/mol. The maximum Gasteiger partial charge on any atom is 0.314 e. The van der Waals surface area contributed by atoms with Gasteiger partial charge >= 0.3 is 5.97 Å². The van der Waals surface area contributed by atoms with E-state index in [4.69, 9.17) is 4.74 Å². The fourth-order valence-corrected chi connectivity index (χ4v) is 5.19. The van der Waals surface area contributed by atoms with Crippen molar-refractivity contribution in [3.8, 4) is 17.0 Å². The highest BCUT2D eigenvalue weighted by molar-refractivity contribution is 5.75. The van der Waals surface area contributed by atoms with Crippen LogP contribution in [-0.2, 0) is 11.2 Å². The summed E-state index contributed by atoms with van der Waals surface area (Å²) >= 11 is 0. The van der Waals surface area contributed by atoms with Gasteiger partial charge in [-0.15, -0.1) is 0 Å². The van der Waals surface area contributed by atoms with Crippen molar-refractivity contribution in [3.05, 3.63) is 47.9 Å². The molecule has 192 valence electrons. The Kier molecular flexibility index (Phi) is 11.7. The molecule has 3 rings (SSSR count). The average molecular weight is 482 g/mol. The number of rotatable bonds is 14. The summed E-state index contributed by atoms with van der Waals surface area (Å²) in [6.07, 6.45) is 19.3. The lowest BCUT2D eigenvalue weighted by Gasteiger charge is -2.27. The SMILES string of the molecule is CCCCCCCCc1cnc(-c2ccc(OC(=O)C3CCC(CCCCC)CC3)cc2)c(F)c1. The molecular weight excluding hydrogens is 437 g/mol. The zero-order valence-corrected chi connectivity index (χ0v) is 21.9. The van der Waals surface area contributed by atoms with Gasteiger partial charge in [0.25, 0.3) is 0 Å². The number of pyridine rings is 1. The van der Waals surface area contributed by atoms with E-state index in [9.17, 15) is 9.18 Å². The topological polar surface area (TPSA) is 39.2 Å². The van der Waals surface area contributed by atoms with Crippen LogP contribution in [0.5, 0.6) is 5.75 Å². The highest BCUT2D eigenvalue weighted by Crippen LogP contribution is 2.33. The van der Waals surface area contributed by atoms with Crippen LogP contribution < -0.4 is 4.74 Å². The molecule has 0 unspecified atom stereocenters. The largest absolute Gasteiger partial charge is 0.426 e. The normalized spacial score (nSPS) is 17.9. The number of esters is 1. The summed E-state index contributed by atoms with van der Waals surface area (Å²) in [5.74, 6) is 0.853. The maximum absolute atomic E-state index is 14.7. The number of aryl methyl sites for hydroxylation is 1. The van der Waals surface area contributed by atoms with E-state index in [-0.39, 0.29) is 17.7 Å². The molecule has 0 radical (unpaired) electrons. The number of halogens is 1. The molecule has 1 heterocycles. The molecule has 0 amide bonds. The molecule has 1 aliphatic carbocycles. The fraction of sp³-hybridized carbons (Fsp3) is 0.613. The van der Waals surface area contributed by atoms with Gasteiger partial charge < -0.3 is 4.74 Å². The minimum Gasteiger partial charge on any atom is -0.426 e. The molecule has 0 spiro atoms. The quantitative estimate of drug-likeness (QED) is 0.153. The molecule has 1 fully saturated rings. The van der Waals surface area contributed by atoms with E-state index < -0.39 is 0 Å². The number of carbonyl (C=O) groups is 1. The first-order chi connectivity index (χ1) is 17.1. The van der Waals surface area contributed by atoms with E-state index in [2.05, 4.69) is 18.8 Å². The second kappa shape index (κ2) is 15.0. The molecule has 2 aromatic rings. The summed E-state index contributed by atoms with van der Waals surface area (Å²) in [6, 6.07) is 8.67. The first-order valence-electron chi connectivity index (χ1n) is 14.1. The standard InChI is InChI=1S/C31H44FNO2/c1-3-5-7-8-9-11-13-25-22-29(32)30(33-23-25)26-18-20-28(21-19-26)35-31(34)27-16-14-24(15-17-27)12-10-6-4-2/h18-24,27H,3-17H2,1-2H3. The number of unbranched alkanes of at least 4 members (excludes halogenated alkanes) is 7. The Hall–Kier alpha value is -2.23. The van der Waals surface area contributed by atoms with Crippen molar-refractivity contribution in [2.75, 3.05) is 0 Å². The molecule has 0 bridgehead atoms. The number of carbonyl (C=O) groups excluding carboxylic acids is 1. The summed E-state index contributed by atoms with van der Waals surface area (Å²) in [5, 5.41) is 0. The molecule has 0 aliphatic heterocycles. The molecular formula is C31H44FNO2. The summed E-state index contributed by atoms with van der Waals surface area (Å²) in [7, 11) is 0. The van der Waals surface area contributed by atoms with Gasteiger partial charge in [0.05, 0.1) is 5.92 Å². The van der Waals surface area contributed by atoms with Crippen LogP contribution in [0.4, 0.5) is 4.39 Å². The Morgan fingerprint density at radius 2 is 1.57 bits per heavy atom. The van der Waals surface area contributed by atoms with E-state index in [0.29, 0.717) is 17.0 Å². The monoisotopic (exact) mass is 481 g/mol. The van der Waals surface area contributed by atoms with Gasteiger partial charge in [0, 0.05) is 11.8 Å². The Labute approximate surface area is 211 Å². The van der Waals surface area contributed by atoms with Gasteiger partial charge in [0.15, 0.2) is 0 Å². The van der Waals surface area contributed by atoms with Gasteiger partial charge in [-0.1, -0.05) is 71.6 Å². The second-order valence-corrected chi connectivity index (χ2v) is 10.4. The minimum absolute atomic E-state index is 0.00426. The lowest BCUT2D eigenvalue weighted by molar-refractivity contribution is -0.140. The molecule has 1 saturated carbocycles. The highest BCUT2D eigenvalue weighted by atomic mass is 19.1. The van der Waals surface area contributed by atoms with E-state index in [1.165, 1.54) is 57.8 Å². The third kappa shape index (κ3) is 9.05. The average Bonchev–Trinajstić information content (AvgIpc) is 2.87. The predicted octanol–water partition coefficient (Wildman–Crippen LogP) is 9.08. The summed E-state index contributed by atoms with van der Waals surface area (Å²) in [5.41, 5.74) is 1.99. The third-order valence-corrected chi connectivity index (χ3v) is 7.46. The molecule has 0 N–H and O–H groups in total. The van der Waals surface area contributed by atoms with E-state index in [1.54, 1.807) is 36.5 Å². The molecule has 4 heteroatoms. The summed E-state index contributed by atoms with van der Waals surface area (Å²) in [6.45, 7) is 4.46. The number of ether oxygens (including phenoxy) is 1. The Morgan fingerprint density at radius 3 is 2.26 bits per heavy atom. The van der Waals surface area contributed by atoms with Crippen LogP contribution in [0.2, 0.25) is 0 Å².